The lowest BCUT2D eigenvalue weighted by Gasteiger charge is -2.25. The van der Waals surface area contributed by atoms with Gasteiger partial charge in [-0.3, -0.25) is 9.59 Å². The number of hydrogen-bond acceptors (Lipinski definition) is 6. The topological polar surface area (TPSA) is 96.3 Å². The Hall–Kier alpha value is -3.19. The number of methoxy groups -OCH3 is 2. The molecule has 8 heteroatoms. The zero-order valence-electron chi connectivity index (χ0n) is 17.5. The van der Waals surface area contributed by atoms with Gasteiger partial charge >= 0.3 is 0 Å². The van der Waals surface area contributed by atoms with Crippen LogP contribution in [0.4, 0.5) is 0 Å². The van der Waals surface area contributed by atoms with Crippen molar-refractivity contribution in [3.8, 4) is 17.2 Å². The number of nitrogens with zero attached hydrogens (tertiary/aromatic N) is 1. The molecular formula is C23H24ClNO6. The van der Waals surface area contributed by atoms with E-state index in [2.05, 4.69) is 0 Å². The predicted octanol–water partition coefficient (Wildman–Crippen LogP) is 4.28. The summed E-state index contributed by atoms with van der Waals surface area (Å²) in [7, 11) is 2.95. The van der Waals surface area contributed by atoms with Crippen molar-refractivity contribution in [1.82, 2.24) is 4.90 Å². The first-order valence-electron chi connectivity index (χ1n) is 9.83. The van der Waals surface area contributed by atoms with Gasteiger partial charge in [-0.15, -0.1) is 0 Å². The molecule has 1 amide bonds. The van der Waals surface area contributed by atoms with Gasteiger partial charge in [0.05, 0.1) is 30.9 Å². The van der Waals surface area contributed by atoms with E-state index in [1.807, 2.05) is 6.92 Å². The highest BCUT2D eigenvalue weighted by atomic mass is 35.5. The van der Waals surface area contributed by atoms with Crippen LogP contribution in [0.2, 0.25) is 5.02 Å². The van der Waals surface area contributed by atoms with E-state index in [1.54, 1.807) is 18.2 Å². The molecule has 1 aliphatic rings. The number of rotatable bonds is 7. The van der Waals surface area contributed by atoms with Gasteiger partial charge in [-0.2, -0.15) is 0 Å². The Bertz CT molecular complexity index is 1050. The van der Waals surface area contributed by atoms with E-state index in [9.17, 15) is 19.8 Å². The summed E-state index contributed by atoms with van der Waals surface area (Å²) in [5.41, 5.74) is 0.774. The molecule has 0 saturated carbocycles. The molecule has 3 rings (SSSR count). The molecule has 2 N–H and O–H groups in total. The number of carbonyl (C=O) groups is 2. The summed E-state index contributed by atoms with van der Waals surface area (Å²) in [4.78, 5) is 27.2. The van der Waals surface area contributed by atoms with Gasteiger partial charge in [0.2, 0.25) is 0 Å². The Kier molecular flexibility index (Phi) is 6.75. The second kappa shape index (κ2) is 9.31. The number of amides is 1. The van der Waals surface area contributed by atoms with E-state index in [1.165, 1.54) is 37.3 Å². The molecule has 31 heavy (non-hydrogen) atoms. The third-order valence-electron chi connectivity index (χ3n) is 5.24. The second-order valence-corrected chi connectivity index (χ2v) is 7.53. The Balaban J connectivity index is 2.19. The maximum absolute atomic E-state index is 13.0. The minimum atomic E-state index is -0.835. The average Bonchev–Trinajstić information content (AvgIpc) is 3.03. The third-order valence-corrected chi connectivity index (χ3v) is 5.54. The fourth-order valence-electron chi connectivity index (χ4n) is 3.62. The van der Waals surface area contributed by atoms with Crippen molar-refractivity contribution >= 4 is 29.1 Å². The number of Topliss-reactive ketones (excluding diaryl/α,β-unsaturated/α-hetero) is 1. The van der Waals surface area contributed by atoms with Gasteiger partial charge in [-0.25, -0.2) is 0 Å². The number of likely N-dealkylation sites (tertiary alicyclic amines) is 1. The van der Waals surface area contributed by atoms with Crippen LogP contribution in [-0.2, 0) is 9.59 Å². The number of ether oxygens (including phenoxy) is 2. The van der Waals surface area contributed by atoms with Crippen molar-refractivity contribution in [3.05, 3.63) is 58.1 Å². The van der Waals surface area contributed by atoms with Crippen molar-refractivity contribution in [2.75, 3.05) is 20.8 Å². The molecule has 0 spiro atoms. The van der Waals surface area contributed by atoms with E-state index in [-0.39, 0.29) is 22.1 Å². The normalized spacial score (nSPS) is 17.8. The van der Waals surface area contributed by atoms with Gasteiger partial charge < -0.3 is 24.6 Å². The smallest absolute Gasteiger partial charge is 0.295 e. The SMILES string of the molecule is CCCCN1C(=O)C(=O)/C(=C(\O)c2ccc(OC)c(OC)c2)C1c1ccc(O)c(Cl)c1. The van der Waals surface area contributed by atoms with Crippen LogP contribution in [0.15, 0.2) is 42.0 Å². The number of unbranched alkanes of at least 4 members (excludes halogenated alkanes) is 1. The zero-order chi connectivity index (χ0) is 22.7. The van der Waals surface area contributed by atoms with Crippen LogP contribution in [0.3, 0.4) is 0 Å². The fraction of sp³-hybridized carbons (Fsp3) is 0.304. The minimum Gasteiger partial charge on any atom is -0.507 e. The minimum absolute atomic E-state index is 0.0462. The van der Waals surface area contributed by atoms with E-state index in [0.29, 0.717) is 35.6 Å². The number of halogens is 1. The zero-order valence-corrected chi connectivity index (χ0v) is 18.3. The van der Waals surface area contributed by atoms with Crippen LogP contribution in [-0.4, -0.2) is 47.6 Å². The van der Waals surface area contributed by atoms with Crippen molar-refractivity contribution < 1.29 is 29.3 Å². The number of carbonyl (C=O) groups excluding carboxylic acids is 2. The van der Waals surface area contributed by atoms with Crippen LogP contribution in [0, 0.1) is 0 Å². The molecule has 1 aliphatic heterocycles. The number of aromatic hydroxyl groups is 1. The summed E-state index contributed by atoms with van der Waals surface area (Å²) in [6.45, 7) is 2.32. The van der Waals surface area contributed by atoms with Crippen molar-refractivity contribution in [2.45, 2.75) is 25.8 Å². The van der Waals surface area contributed by atoms with E-state index in [4.69, 9.17) is 21.1 Å². The summed E-state index contributed by atoms with van der Waals surface area (Å²) in [6, 6.07) is 8.36. The lowest BCUT2D eigenvalue weighted by Crippen LogP contribution is -2.30. The molecule has 1 atom stereocenters. The number of phenolic OH excluding ortho intramolecular Hbond substituents is 1. The summed E-state index contributed by atoms with van der Waals surface area (Å²) >= 11 is 6.09. The molecule has 0 radical (unpaired) electrons. The number of aliphatic hydroxyl groups excluding tert-OH is 1. The van der Waals surface area contributed by atoms with Gasteiger partial charge in [-0.05, 0) is 42.3 Å². The summed E-state index contributed by atoms with van der Waals surface area (Å²) < 4.78 is 10.5. The van der Waals surface area contributed by atoms with Crippen LogP contribution >= 0.6 is 11.6 Å². The summed E-state index contributed by atoms with van der Waals surface area (Å²) in [5, 5.41) is 21.0. The standard InChI is InChI=1S/C23H24ClNO6/c1-4-5-10-25-20(13-6-8-16(26)15(24)11-13)19(22(28)23(25)29)21(27)14-7-9-17(30-2)18(12-14)31-3/h6-9,11-12,20,26-27H,4-5,10H2,1-3H3/b21-19-. The second-order valence-electron chi connectivity index (χ2n) is 7.13. The average molecular weight is 446 g/mol. The highest BCUT2D eigenvalue weighted by Gasteiger charge is 2.45. The van der Waals surface area contributed by atoms with Crippen LogP contribution in [0.5, 0.6) is 17.2 Å². The third kappa shape index (κ3) is 4.18. The molecule has 1 saturated heterocycles. The van der Waals surface area contributed by atoms with Gasteiger partial charge in [0, 0.05) is 12.1 Å². The monoisotopic (exact) mass is 445 g/mol. The fourth-order valence-corrected chi connectivity index (χ4v) is 3.81. The molecule has 0 bridgehead atoms. The summed E-state index contributed by atoms with van der Waals surface area (Å²) in [5.74, 6) is -1.08. The Morgan fingerprint density at radius 3 is 2.42 bits per heavy atom. The number of ketones is 1. The van der Waals surface area contributed by atoms with E-state index in [0.717, 1.165) is 6.42 Å². The molecule has 1 unspecified atom stereocenters. The largest absolute Gasteiger partial charge is 0.507 e. The first kappa shape index (κ1) is 22.5. The highest BCUT2D eigenvalue weighted by Crippen LogP contribution is 2.42. The maximum atomic E-state index is 13.0. The lowest BCUT2D eigenvalue weighted by atomic mass is 9.95. The first-order chi connectivity index (χ1) is 14.8. The molecule has 0 aliphatic carbocycles. The molecule has 1 heterocycles. The molecular weight excluding hydrogens is 422 g/mol. The van der Waals surface area contributed by atoms with Crippen molar-refractivity contribution in [1.29, 1.82) is 0 Å². The molecule has 1 fully saturated rings. The quantitative estimate of drug-likeness (QED) is 0.375. The van der Waals surface area contributed by atoms with Crippen LogP contribution < -0.4 is 9.47 Å². The van der Waals surface area contributed by atoms with Gasteiger partial charge in [0.15, 0.2) is 11.5 Å². The molecule has 7 nitrogen and oxygen atoms in total. The van der Waals surface area contributed by atoms with Crippen LogP contribution in [0.25, 0.3) is 5.76 Å². The molecule has 164 valence electrons. The van der Waals surface area contributed by atoms with Crippen LogP contribution in [0.1, 0.15) is 36.9 Å². The molecule has 2 aromatic rings. The molecule has 0 aromatic heterocycles. The van der Waals surface area contributed by atoms with Crippen molar-refractivity contribution in [3.63, 3.8) is 0 Å². The maximum Gasteiger partial charge on any atom is 0.295 e. The van der Waals surface area contributed by atoms with Gasteiger partial charge in [-0.1, -0.05) is 31.0 Å². The lowest BCUT2D eigenvalue weighted by molar-refractivity contribution is -0.139. The predicted molar refractivity (Wildman–Crippen MR) is 117 cm³/mol. The number of aliphatic hydroxyl groups is 1. The Morgan fingerprint density at radius 2 is 1.81 bits per heavy atom. The summed E-state index contributed by atoms with van der Waals surface area (Å²) in [6.07, 6.45) is 1.51. The Labute approximate surface area is 185 Å². The Morgan fingerprint density at radius 1 is 1.10 bits per heavy atom. The van der Waals surface area contributed by atoms with E-state index >= 15 is 0 Å². The number of phenols is 1. The highest BCUT2D eigenvalue weighted by molar-refractivity contribution is 6.46. The first-order valence-corrected chi connectivity index (χ1v) is 10.2. The van der Waals surface area contributed by atoms with Crippen molar-refractivity contribution in [2.24, 2.45) is 0 Å². The van der Waals surface area contributed by atoms with Gasteiger partial charge in [0.1, 0.15) is 11.5 Å². The van der Waals surface area contributed by atoms with Gasteiger partial charge in [0.25, 0.3) is 11.7 Å². The van der Waals surface area contributed by atoms with E-state index < -0.39 is 17.7 Å². The number of benzene rings is 2. The number of hydrogen-bond donors (Lipinski definition) is 2. The molecule has 2 aromatic carbocycles.